The Morgan fingerprint density at radius 1 is 1.17 bits per heavy atom. The number of halogens is 1. The number of ketones is 1. The third kappa shape index (κ3) is 4.60. The second kappa shape index (κ2) is 9.20. The predicted molar refractivity (Wildman–Crippen MR) is 113 cm³/mol. The van der Waals surface area contributed by atoms with Gasteiger partial charge in [-0.05, 0) is 62.9 Å². The van der Waals surface area contributed by atoms with Gasteiger partial charge < -0.3 is 24.9 Å². The Morgan fingerprint density at radius 3 is 2.62 bits per heavy atom. The van der Waals surface area contributed by atoms with Crippen molar-refractivity contribution in [3.8, 4) is 11.5 Å². The van der Waals surface area contributed by atoms with Gasteiger partial charge in [-0.15, -0.1) is 12.4 Å². The van der Waals surface area contributed by atoms with E-state index in [2.05, 4.69) is 10.3 Å². The number of benzene rings is 1. The summed E-state index contributed by atoms with van der Waals surface area (Å²) in [6.45, 7) is 2.58. The van der Waals surface area contributed by atoms with Crippen molar-refractivity contribution in [3.63, 3.8) is 0 Å². The molecule has 2 aliphatic carbocycles. The van der Waals surface area contributed by atoms with E-state index >= 15 is 0 Å². The second-order valence-corrected chi connectivity index (χ2v) is 7.86. The molecule has 0 radical (unpaired) electrons. The van der Waals surface area contributed by atoms with Crippen molar-refractivity contribution < 1.29 is 19.4 Å². The highest BCUT2D eigenvalue weighted by Gasteiger charge is 2.37. The first kappa shape index (κ1) is 21.7. The van der Waals surface area contributed by atoms with E-state index in [1.54, 1.807) is 7.11 Å². The van der Waals surface area contributed by atoms with Crippen LogP contribution in [-0.2, 0) is 6.42 Å². The van der Waals surface area contributed by atoms with E-state index in [4.69, 9.17) is 9.47 Å². The maximum atomic E-state index is 12.7. The van der Waals surface area contributed by atoms with Crippen LogP contribution in [0.1, 0.15) is 41.0 Å². The molecule has 4 atom stereocenters. The molecule has 1 aromatic heterocycles. The van der Waals surface area contributed by atoms with E-state index in [1.807, 2.05) is 37.3 Å². The summed E-state index contributed by atoms with van der Waals surface area (Å²) in [5.41, 5.74) is 2.94. The van der Waals surface area contributed by atoms with E-state index in [-0.39, 0.29) is 36.3 Å². The van der Waals surface area contributed by atoms with Gasteiger partial charge in [0.1, 0.15) is 23.7 Å². The molecule has 0 spiro atoms. The summed E-state index contributed by atoms with van der Waals surface area (Å²) in [6.07, 6.45) is 2.52. The lowest BCUT2D eigenvalue weighted by molar-refractivity contribution is 0.0441. The summed E-state index contributed by atoms with van der Waals surface area (Å²) in [7, 11) is 1.63. The number of Topliss-reactive ketones (excluding diaryl/α,β-unsaturated/α-hetero) is 1. The Hall–Kier alpha value is -2.02. The molecule has 2 aliphatic rings. The van der Waals surface area contributed by atoms with Crippen LogP contribution in [0.3, 0.4) is 0 Å². The highest BCUT2D eigenvalue weighted by atomic mass is 35.5. The largest absolute Gasteiger partial charge is 0.497 e. The molecule has 158 valence electrons. The van der Waals surface area contributed by atoms with Crippen molar-refractivity contribution >= 4 is 18.2 Å². The van der Waals surface area contributed by atoms with E-state index < -0.39 is 6.10 Å². The molecule has 0 aliphatic heterocycles. The molecule has 0 amide bonds. The quantitative estimate of drug-likeness (QED) is 0.669. The molecule has 1 saturated carbocycles. The zero-order valence-corrected chi connectivity index (χ0v) is 17.6. The van der Waals surface area contributed by atoms with Crippen molar-refractivity contribution in [1.82, 2.24) is 10.3 Å². The van der Waals surface area contributed by atoms with Gasteiger partial charge in [-0.1, -0.05) is 0 Å². The number of aliphatic hydroxyl groups is 1. The number of aliphatic hydroxyl groups excluding tert-OH is 1. The van der Waals surface area contributed by atoms with Gasteiger partial charge in [-0.2, -0.15) is 0 Å². The minimum absolute atomic E-state index is 0. The van der Waals surface area contributed by atoms with Crippen LogP contribution in [0, 0.1) is 12.8 Å². The summed E-state index contributed by atoms with van der Waals surface area (Å²) in [5.74, 6) is 1.67. The third-order valence-electron chi connectivity index (χ3n) is 5.94. The van der Waals surface area contributed by atoms with Crippen LogP contribution >= 0.6 is 12.4 Å². The number of methoxy groups -OCH3 is 1. The summed E-state index contributed by atoms with van der Waals surface area (Å²) in [6, 6.07) is 9.29. The fourth-order valence-electron chi connectivity index (χ4n) is 4.35. The van der Waals surface area contributed by atoms with Gasteiger partial charge in [0.2, 0.25) is 0 Å². The minimum atomic E-state index is -0.592. The monoisotopic (exact) mass is 420 g/mol. The number of nitrogens with one attached hydrogen (secondary N) is 2. The fraction of sp³-hybridized carbons (Fsp3) is 0.500. The number of carbonyl (C=O) groups is 1. The van der Waals surface area contributed by atoms with Crippen LogP contribution in [0.4, 0.5) is 0 Å². The zero-order valence-electron chi connectivity index (χ0n) is 16.8. The number of hydrogen-bond acceptors (Lipinski definition) is 5. The number of hydrogen-bond donors (Lipinski definition) is 3. The van der Waals surface area contributed by atoms with Crippen LogP contribution < -0.4 is 14.8 Å². The lowest BCUT2D eigenvalue weighted by Crippen LogP contribution is -2.44. The molecule has 0 bridgehead atoms. The van der Waals surface area contributed by atoms with E-state index in [9.17, 15) is 9.90 Å². The van der Waals surface area contributed by atoms with Gasteiger partial charge in [0.05, 0.1) is 7.11 Å². The van der Waals surface area contributed by atoms with Crippen molar-refractivity contribution in [3.05, 3.63) is 47.3 Å². The van der Waals surface area contributed by atoms with Gasteiger partial charge >= 0.3 is 0 Å². The molecule has 2 aromatic rings. The Balaban J connectivity index is 0.00000240. The minimum Gasteiger partial charge on any atom is -0.497 e. The van der Waals surface area contributed by atoms with Crippen LogP contribution in [0.25, 0.3) is 0 Å². The first-order valence-electron chi connectivity index (χ1n) is 10.00. The number of H-pyrrole nitrogens is 1. The van der Waals surface area contributed by atoms with Gasteiger partial charge in [0.25, 0.3) is 0 Å². The van der Waals surface area contributed by atoms with Crippen LogP contribution in [0.2, 0.25) is 0 Å². The first-order chi connectivity index (χ1) is 13.5. The molecule has 6 nitrogen and oxygen atoms in total. The normalized spacial score (nSPS) is 26.0. The Kier molecular flexibility index (Phi) is 6.88. The molecule has 4 unspecified atom stereocenters. The molecule has 1 aromatic carbocycles. The molecule has 29 heavy (non-hydrogen) atoms. The topological polar surface area (TPSA) is 83.6 Å². The maximum Gasteiger partial charge on any atom is 0.169 e. The summed E-state index contributed by atoms with van der Waals surface area (Å²) in [4.78, 5) is 16.0. The van der Waals surface area contributed by atoms with Crippen molar-refractivity contribution in [2.24, 2.45) is 5.92 Å². The predicted octanol–water partition coefficient (Wildman–Crippen LogP) is 3.06. The summed E-state index contributed by atoms with van der Waals surface area (Å²) in [5, 5.41) is 14.1. The summed E-state index contributed by atoms with van der Waals surface area (Å²) >= 11 is 0. The molecule has 4 rings (SSSR count). The van der Waals surface area contributed by atoms with E-state index in [0.717, 1.165) is 54.1 Å². The van der Waals surface area contributed by atoms with Gasteiger partial charge in [-0.3, -0.25) is 4.79 Å². The standard InChI is InChI=1S/C22H28N2O4.ClH/c1-13-11-17-18(24-13)8-3-14(21(17)25)12-23-19-9-10-20(22(19)26)28-16-6-4-15(27-2)5-7-16;/h4-7,11,14,19-20,22-24,26H,3,8-10,12H2,1-2H3;1H. The van der Waals surface area contributed by atoms with Crippen LogP contribution in [0.5, 0.6) is 11.5 Å². The van der Waals surface area contributed by atoms with Crippen molar-refractivity contribution in [1.29, 1.82) is 0 Å². The highest BCUT2D eigenvalue weighted by Crippen LogP contribution is 2.29. The third-order valence-corrected chi connectivity index (χ3v) is 5.94. The number of carbonyl (C=O) groups excluding carboxylic acids is 1. The van der Waals surface area contributed by atoms with Gasteiger partial charge in [0.15, 0.2) is 5.78 Å². The molecular weight excluding hydrogens is 392 g/mol. The van der Waals surface area contributed by atoms with Gasteiger partial charge in [-0.25, -0.2) is 0 Å². The highest BCUT2D eigenvalue weighted by molar-refractivity contribution is 6.00. The zero-order chi connectivity index (χ0) is 19.7. The number of fused-ring (bicyclic) bond motifs is 1. The smallest absolute Gasteiger partial charge is 0.169 e. The van der Waals surface area contributed by atoms with Crippen molar-refractivity contribution in [2.75, 3.05) is 13.7 Å². The summed E-state index contributed by atoms with van der Waals surface area (Å²) < 4.78 is 11.1. The molecular formula is C22H29ClN2O4. The Labute approximate surface area is 177 Å². The molecule has 0 saturated heterocycles. The number of ether oxygens (including phenoxy) is 2. The lowest BCUT2D eigenvalue weighted by atomic mass is 9.86. The SMILES string of the molecule is COc1ccc(OC2CCC(NCC3CCc4[nH]c(C)cc4C3=O)C2O)cc1.Cl. The van der Waals surface area contributed by atoms with Gasteiger partial charge in [0, 0.05) is 35.5 Å². The number of rotatable bonds is 6. The van der Waals surface area contributed by atoms with E-state index in [0.29, 0.717) is 6.54 Å². The average molecular weight is 421 g/mol. The second-order valence-electron chi connectivity index (χ2n) is 7.86. The van der Waals surface area contributed by atoms with Crippen LogP contribution in [-0.4, -0.2) is 47.8 Å². The molecule has 3 N–H and O–H groups in total. The lowest BCUT2D eigenvalue weighted by Gasteiger charge is -2.25. The van der Waals surface area contributed by atoms with Crippen LogP contribution in [0.15, 0.2) is 30.3 Å². The number of aryl methyl sites for hydroxylation is 2. The average Bonchev–Trinajstić information content (AvgIpc) is 3.25. The fourth-order valence-corrected chi connectivity index (χ4v) is 4.35. The Morgan fingerprint density at radius 2 is 1.90 bits per heavy atom. The number of aromatic amines is 1. The molecule has 1 heterocycles. The molecule has 7 heteroatoms. The maximum absolute atomic E-state index is 12.7. The molecule has 1 fully saturated rings. The first-order valence-corrected chi connectivity index (χ1v) is 10.00. The Bertz CT molecular complexity index is 836. The van der Waals surface area contributed by atoms with E-state index in [1.165, 1.54) is 0 Å². The van der Waals surface area contributed by atoms with Crippen molar-refractivity contribution in [2.45, 2.75) is 50.9 Å². The number of aromatic nitrogens is 1.